The molecule has 2 N–H and O–H groups in total. The summed E-state index contributed by atoms with van der Waals surface area (Å²) in [5.74, 6) is -0.309. The number of aliphatic imine (C=N–C) groups is 1. The molecule has 9 heteroatoms. The summed E-state index contributed by atoms with van der Waals surface area (Å²) in [7, 11) is 0. The van der Waals surface area contributed by atoms with Gasteiger partial charge in [-0.3, -0.25) is 15.1 Å². The number of phenolic OH excluding ortho intramolecular Hbond substituents is 2. The molecular formula is C27H18ClN3O5. The van der Waals surface area contributed by atoms with Crippen molar-refractivity contribution < 1.29 is 19.6 Å². The van der Waals surface area contributed by atoms with Gasteiger partial charge in [0.1, 0.15) is 11.3 Å². The fourth-order valence-corrected chi connectivity index (χ4v) is 4.01. The number of hydrogen-bond donors (Lipinski definition) is 2. The molecule has 5 aromatic rings. The minimum Gasteiger partial charge on any atom is -0.507 e. The van der Waals surface area contributed by atoms with Gasteiger partial charge in [-0.05, 0) is 60.0 Å². The van der Waals surface area contributed by atoms with Crippen LogP contribution in [0.4, 0.5) is 11.4 Å². The second kappa shape index (κ2) is 9.52. The number of nitro benzene ring substituents is 1. The highest BCUT2D eigenvalue weighted by Crippen LogP contribution is 2.35. The molecule has 5 rings (SSSR count). The number of nitrogens with zero attached hydrogens (tertiary/aromatic N) is 3. The van der Waals surface area contributed by atoms with Crippen LogP contribution in [0.5, 0.6) is 11.5 Å². The number of benzene rings is 4. The monoisotopic (exact) mass is 499 g/mol. The lowest BCUT2D eigenvalue weighted by atomic mass is 10.0. The Kier molecular flexibility index (Phi) is 6.10. The highest BCUT2D eigenvalue weighted by atomic mass is 35.5. The minimum absolute atomic E-state index is 0.0410. The smallest absolute Gasteiger partial charge is 0.311 e. The largest absolute Gasteiger partial charge is 0.507 e. The van der Waals surface area contributed by atoms with Gasteiger partial charge in [-0.25, -0.2) is 4.98 Å². The summed E-state index contributed by atoms with van der Waals surface area (Å²) < 4.78 is 5.75. The first kappa shape index (κ1) is 23.1. The van der Waals surface area contributed by atoms with E-state index in [4.69, 9.17) is 16.0 Å². The summed E-state index contributed by atoms with van der Waals surface area (Å²) in [6.07, 6.45) is 1.67. The highest BCUT2D eigenvalue weighted by molar-refractivity contribution is 6.31. The first-order chi connectivity index (χ1) is 17.4. The normalized spacial score (nSPS) is 11.4. The molecule has 0 atom stereocenters. The maximum atomic E-state index is 11.6. The lowest BCUT2D eigenvalue weighted by molar-refractivity contribution is -0.385. The maximum absolute atomic E-state index is 11.6. The van der Waals surface area contributed by atoms with Crippen molar-refractivity contribution in [3.63, 3.8) is 0 Å². The van der Waals surface area contributed by atoms with Crippen LogP contribution >= 0.6 is 11.6 Å². The average Bonchev–Trinajstić information content (AvgIpc) is 3.30. The van der Waals surface area contributed by atoms with E-state index in [1.807, 2.05) is 24.3 Å². The zero-order chi connectivity index (χ0) is 25.2. The number of aromatic nitrogens is 1. The third-order valence-corrected chi connectivity index (χ3v) is 5.95. The van der Waals surface area contributed by atoms with Gasteiger partial charge >= 0.3 is 5.69 Å². The van der Waals surface area contributed by atoms with Crippen molar-refractivity contribution in [3.05, 3.63) is 111 Å². The van der Waals surface area contributed by atoms with Crippen molar-refractivity contribution in [2.75, 3.05) is 0 Å². The Balaban J connectivity index is 1.51. The van der Waals surface area contributed by atoms with E-state index in [1.54, 1.807) is 42.5 Å². The van der Waals surface area contributed by atoms with Crippen molar-refractivity contribution in [2.24, 2.45) is 4.99 Å². The van der Waals surface area contributed by atoms with Crippen LogP contribution in [-0.4, -0.2) is 26.3 Å². The van der Waals surface area contributed by atoms with E-state index in [0.717, 1.165) is 5.56 Å². The zero-order valence-corrected chi connectivity index (χ0v) is 19.4. The molecule has 0 radical (unpaired) electrons. The average molecular weight is 500 g/mol. The van der Waals surface area contributed by atoms with E-state index in [-0.39, 0.29) is 17.2 Å². The number of hydrogen-bond acceptors (Lipinski definition) is 7. The Morgan fingerprint density at radius 1 is 1.03 bits per heavy atom. The second-order valence-electron chi connectivity index (χ2n) is 8.02. The molecule has 0 aliphatic carbocycles. The van der Waals surface area contributed by atoms with E-state index < -0.39 is 16.4 Å². The second-order valence-corrected chi connectivity index (χ2v) is 8.43. The molecule has 8 nitrogen and oxygen atoms in total. The van der Waals surface area contributed by atoms with E-state index in [1.165, 1.54) is 18.3 Å². The Morgan fingerprint density at radius 3 is 2.58 bits per heavy atom. The number of phenols is 2. The van der Waals surface area contributed by atoms with Gasteiger partial charge in [0, 0.05) is 22.9 Å². The highest BCUT2D eigenvalue weighted by Gasteiger charge is 2.19. The van der Waals surface area contributed by atoms with E-state index in [9.17, 15) is 20.3 Å². The van der Waals surface area contributed by atoms with E-state index >= 15 is 0 Å². The summed E-state index contributed by atoms with van der Waals surface area (Å²) in [4.78, 5) is 19.7. The molecule has 0 saturated heterocycles. The number of nitro groups is 1. The SMILES string of the molecule is O=[N+]([O-])c1cc(Cc2ccccc2Cl)cc(C=Nc2ccc(O)c(-c3nc4ccccc4o3)c2)c1O. The Morgan fingerprint density at radius 2 is 1.81 bits per heavy atom. The fraction of sp³-hybridized carbons (Fsp3) is 0.0370. The van der Waals surface area contributed by atoms with Crippen molar-refractivity contribution in [2.45, 2.75) is 6.42 Å². The summed E-state index contributed by atoms with van der Waals surface area (Å²) in [5, 5.41) is 33.0. The van der Waals surface area contributed by atoms with Gasteiger partial charge < -0.3 is 14.6 Å². The van der Waals surface area contributed by atoms with Crippen LogP contribution in [0, 0.1) is 10.1 Å². The molecule has 4 aromatic carbocycles. The van der Waals surface area contributed by atoms with Crippen molar-refractivity contribution in [3.8, 4) is 23.0 Å². The first-order valence-electron chi connectivity index (χ1n) is 10.9. The van der Waals surface area contributed by atoms with E-state index in [2.05, 4.69) is 9.98 Å². The number of oxazole rings is 1. The van der Waals surface area contributed by atoms with Gasteiger partial charge in [0.25, 0.3) is 0 Å². The third-order valence-electron chi connectivity index (χ3n) is 5.59. The van der Waals surface area contributed by atoms with Crippen molar-refractivity contribution in [1.82, 2.24) is 4.98 Å². The number of rotatable bonds is 6. The van der Waals surface area contributed by atoms with Crippen LogP contribution in [-0.2, 0) is 6.42 Å². The Bertz CT molecular complexity index is 1610. The van der Waals surface area contributed by atoms with Crippen LogP contribution < -0.4 is 0 Å². The number of fused-ring (bicyclic) bond motifs is 1. The Labute approximate surface area is 209 Å². The molecule has 0 aliphatic heterocycles. The van der Waals surface area contributed by atoms with Crippen LogP contribution in [0.1, 0.15) is 16.7 Å². The maximum Gasteiger partial charge on any atom is 0.311 e. The van der Waals surface area contributed by atoms with Crippen LogP contribution in [0.3, 0.4) is 0 Å². The van der Waals surface area contributed by atoms with Crippen molar-refractivity contribution >= 4 is 40.3 Å². The fourth-order valence-electron chi connectivity index (χ4n) is 3.81. The molecular weight excluding hydrogens is 482 g/mol. The molecule has 178 valence electrons. The molecule has 0 fully saturated rings. The summed E-state index contributed by atoms with van der Waals surface area (Å²) in [6.45, 7) is 0. The van der Waals surface area contributed by atoms with Gasteiger partial charge in [0.2, 0.25) is 11.6 Å². The van der Waals surface area contributed by atoms with Crippen LogP contribution in [0.15, 0.2) is 88.3 Å². The number of halogens is 1. The Hall–Kier alpha value is -4.69. The van der Waals surface area contributed by atoms with Gasteiger partial charge in [-0.15, -0.1) is 0 Å². The molecule has 0 spiro atoms. The lowest BCUT2D eigenvalue weighted by Gasteiger charge is -2.08. The molecule has 1 heterocycles. The van der Waals surface area contributed by atoms with Crippen LogP contribution in [0.2, 0.25) is 5.02 Å². The quantitative estimate of drug-likeness (QED) is 0.150. The summed E-state index contributed by atoms with van der Waals surface area (Å²) in [6, 6.07) is 22.0. The third kappa shape index (κ3) is 4.62. The standard InChI is InChI=1S/C27H18ClN3O5/c28-21-6-2-1-5-17(21)11-16-12-18(26(33)23(13-16)31(34)35)15-29-19-9-10-24(32)20(14-19)27-30-22-7-3-4-8-25(22)36-27/h1-10,12-15,32-33H,11H2. The molecule has 36 heavy (non-hydrogen) atoms. The van der Waals surface area contributed by atoms with E-state index in [0.29, 0.717) is 39.4 Å². The molecule has 0 saturated carbocycles. The topological polar surface area (TPSA) is 122 Å². The van der Waals surface area contributed by atoms with Gasteiger partial charge in [0.05, 0.1) is 16.2 Å². The van der Waals surface area contributed by atoms with Crippen molar-refractivity contribution in [1.29, 1.82) is 0 Å². The van der Waals surface area contributed by atoms with Crippen LogP contribution in [0.25, 0.3) is 22.6 Å². The lowest BCUT2D eigenvalue weighted by Crippen LogP contribution is -1.97. The summed E-state index contributed by atoms with van der Waals surface area (Å²) in [5.41, 5.74) is 3.10. The molecule has 0 bridgehead atoms. The molecule has 0 aliphatic rings. The predicted octanol–water partition coefficient (Wildman–Crippen LogP) is 6.81. The van der Waals surface area contributed by atoms with Gasteiger partial charge in [-0.2, -0.15) is 0 Å². The van der Waals surface area contributed by atoms with Gasteiger partial charge in [-0.1, -0.05) is 41.9 Å². The first-order valence-corrected chi connectivity index (χ1v) is 11.2. The molecule has 1 aromatic heterocycles. The predicted molar refractivity (Wildman–Crippen MR) is 137 cm³/mol. The van der Waals surface area contributed by atoms with Gasteiger partial charge in [0.15, 0.2) is 5.58 Å². The molecule has 0 unspecified atom stereocenters. The summed E-state index contributed by atoms with van der Waals surface area (Å²) >= 11 is 6.25. The number of aromatic hydroxyl groups is 2. The number of para-hydroxylation sites is 2. The molecule has 0 amide bonds. The minimum atomic E-state index is -0.644. The zero-order valence-electron chi connectivity index (χ0n) is 18.6.